The molecule has 1 unspecified atom stereocenters. The van der Waals surface area contributed by atoms with Crippen molar-refractivity contribution >= 4 is 19.2 Å². The van der Waals surface area contributed by atoms with Crippen molar-refractivity contribution in [2.45, 2.75) is 12.5 Å². The molecular formula is C22H23O2Si. The van der Waals surface area contributed by atoms with Gasteiger partial charge in [-0.25, -0.2) is 0 Å². The van der Waals surface area contributed by atoms with Crippen molar-refractivity contribution in [2.75, 3.05) is 14.2 Å². The summed E-state index contributed by atoms with van der Waals surface area (Å²) in [6, 6.07) is 27.9. The third-order valence-electron chi connectivity index (χ3n) is 4.51. The van der Waals surface area contributed by atoms with Gasteiger partial charge in [0.1, 0.15) is 8.80 Å². The molecule has 127 valence electrons. The van der Waals surface area contributed by atoms with Crippen molar-refractivity contribution < 1.29 is 9.47 Å². The van der Waals surface area contributed by atoms with Gasteiger partial charge in [-0.15, -0.1) is 0 Å². The maximum Gasteiger partial charge on any atom is 0.160 e. The van der Waals surface area contributed by atoms with Gasteiger partial charge in [-0.3, -0.25) is 0 Å². The molecule has 0 N–H and O–H groups in total. The highest BCUT2D eigenvalue weighted by Gasteiger charge is 2.25. The van der Waals surface area contributed by atoms with E-state index in [0.717, 1.165) is 11.5 Å². The molecule has 0 fully saturated rings. The Morgan fingerprint density at radius 3 is 1.68 bits per heavy atom. The van der Waals surface area contributed by atoms with Gasteiger partial charge in [-0.2, -0.15) is 0 Å². The summed E-state index contributed by atoms with van der Waals surface area (Å²) in [6.45, 7) is 2.32. The lowest BCUT2D eigenvalue weighted by molar-refractivity contribution is 0.354. The molecule has 0 aliphatic heterocycles. The maximum absolute atomic E-state index is 5.50. The maximum atomic E-state index is 5.50. The first-order chi connectivity index (χ1) is 12.2. The number of hydrogen-bond donors (Lipinski definition) is 0. The first kappa shape index (κ1) is 17.3. The molecule has 0 aromatic heterocycles. The standard InChI is InChI=1S/C22H23O2Si/c1-17(18-14-15-21(23-2)22(16-18)24-3)25(19-10-6-4-7-11-19)20-12-8-5-9-13-20/h4-17H,1-3H3. The third-order valence-corrected chi connectivity index (χ3v) is 7.62. The second-order valence-corrected chi connectivity index (χ2v) is 8.83. The lowest BCUT2D eigenvalue weighted by atomic mass is 10.1. The van der Waals surface area contributed by atoms with E-state index in [-0.39, 0.29) is 0 Å². The van der Waals surface area contributed by atoms with E-state index in [9.17, 15) is 0 Å². The molecule has 0 saturated carbocycles. The van der Waals surface area contributed by atoms with Crippen LogP contribution in [0.2, 0.25) is 0 Å². The van der Waals surface area contributed by atoms with Crippen LogP contribution in [0.1, 0.15) is 18.0 Å². The molecule has 0 aliphatic rings. The van der Waals surface area contributed by atoms with Crippen LogP contribution < -0.4 is 19.8 Å². The highest BCUT2D eigenvalue weighted by atomic mass is 28.3. The number of hydrogen-bond acceptors (Lipinski definition) is 2. The van der Waals surface area contributed by atoms with Crippen LogP contribution in [-0.2, 0) is 0 Å². The van der Waals surface area contributed by atoms with Gasteiger partial charge < -0.3 is 9.47 Å². The number of ether oxygens (including phenoxy) is 2. The Morgan fingerprint density at radius 1 is 0.680 bits per heavy atom. The Labute approximate surface area is 151 Å². The van der Waals surface area contributed by atoms with Gasteiger partial charge in [-0.05, 0) is 23.2 Å². The van der Waals surface area contributed by atoms with E-state index in [1.807, 2.05) is 6.07 Å². The number of methoxy groups -OCH3 is 2. The molecule has 0 heterocycles. The van der Waals surface area contributed by atoms with E-state index in [0.29, 0.717) is 5.54 Å². The van der Waals surface area contributed by atoms with E-state index >= 15 is 0 Å². The van der Waals surface area contributed by atoms with Crippen LogP contribution in [0.3, 0.4) is 0 Å². The first-order valence-electron chi connectivity index (χ1n) is 8.44. The second-order valence-electron chi connectivity index (χ2n) is 5.98. The molecule has 0 aliphatic carbocycles. The Balaban J connectivity index is 2.04. The molecule has 25 heavy (non-hydrogen) atoms. The van der Waals surface area contributed by atoms with Gasteiger partial charge in [0.05, 0.1) is 14.2 Å². The summed E-state index contributed by atoms with van der Waals surface area (Å²) in [4.78, 5) is 0. The Morgan fingerprint density at radius 2 is 1.20 bits per heavy atom. The van der Waals surface area contributed by atoms with Crippen molar-refractivity contribution in [3.63, 3.8) is 0 Å². The normalized spacial score (nSPS) is 12.0. The SMILES string of the molecule is COc1ccc(C(C)[Si](c2ccccc2)c2ccccc2)cc1OC. The largest absolute Gasteiger partial charge is 0.493 e. The Kier molecular flexibility index (Phi) is 5.56. The molecule has 0 saturated heterocycles. The lowest BCUT2D eigenvalue weighted by Gasteiger charge is -2.24. The van der Waals surface area contributed by atoms with Crippen LogP contribution >= 0.6 is 0 Å². The van der Waals surface area contributed by atoms with Gasteiger partial charge in [0.25, 0.3) is 0 Å². The molecule has 3 rings (SSSR count). The summed E-state index contributed by atoms with van der Waals surface area (Å²) in [6.07, 6.45) is 0. The van der Waals surface area contributed by atoms with E-state index < -0.39 is 8.80 Å². The molecule has 0 amide bonds. The van der Waals surface area contributed by atoms with Crippen molar-refractivity contribution in [2.24, 2.45) is 0 Å². The van der Waals surface area contributed by atoms with Crippen LogP contribution in [0.15, 0.2) is 78.9 Å². The van der Waals surface area contributed by atoms with Crippen LogP contribution in [0.4, 0.5) is 0 Å². The highest BCUT2D eigenvalue weighted by Crippen LogP contribution is 2.31. The van der Waals surface area contributed by atoms with Crippen LogP contribution in [-0.4, -0.2) is 23.0 Å². The minimum absolute atomic E-state index is 0.398. The highest BCUT2D eigenvalue weighted by molar-refractivity contribution is 6.86. The monoisotopic (exact) mass is 347 g/mol. The topological polar surface area (TPSA) is 18.5 Å². The quantitative estimate of drug-likeness (QED) is 0.634. The molecule has 2 nitrogen and oxygen atoms in total. The minimum atomic E-state index is -0.970. The molecule has 0 bridgehead atoms. The van der Waals surface area contributed by atoms with Gasteiger partial charge in [0.2, 0.25) is 0 Å². The molecule has 3 heteroatoms. The molecular weight excluding hydrogens is 324 g/mol. The number of benzene rings is 3. The van der Waals surface area contributed by atoms with Crippen molar-refractivity contribution in [3.8, 4) is 11.5 Å². The number of rotatable bonds is 6. The van der Waals surface area contributed by atoms with Gasteiger partial charge in [-0.1, -0.05) is 84.0 Å². The fourth-order valence-electron chi connectivity index (χ4n) is 3.19. The summed E-state index contributed by atoms with van der Waals surface area (Å²) in [7, 11) is 2.39. The predicted molar refractivity (Wildman–Crippen MR) is 106 cm³/mol. The minimum Gasteiger partial charge on any atom is -0.493 e. The predicted octanol–water partition coefficient (Wildman–Crippen LogP) is 3.66. The Bertz CT molecular complexity index is 763. The average molecular weight is 348 g/mol. The van der Waals surface area contributed by atoms with Gasteiger partial charge in [0.15, 0.2) is 11.5 Å². The van der Waals surface area contributed by atoms with E-state index in [1.165, 1.54) is 15.9 Å². The third kappa shape index (κ3) is 3.77. The zero-order valence-corrected chi connectivity index (χ0v) is 15.9. The van der Waals surface area contributed by atoms with E-state index in [1.54, 1.807) is 14.2 Å². The van der Waals surface area contributed by atoms with Crippen molar-refractivity contribution in [1.82, 2.24) is 0 Å². The second kappa shape index (κ2) is 8.04. The summed E-state index contributed by atoms with van der Waals surface area (Å²) < 4.78 is 10.9. The smallest absolute Gasteiger partial charge is 0.160 e. The van der Waals surface area contributed by atoms with E-state index in [2.05, 4.69) is 79.7 Å². The van der Waals surface area contributed by atoms with Crippen LogP contribution in [0.25, 0.3) is 0 Å². The van der Waals surface area contributed by atoms with Gasteiger partial charge in [0, 0.05) is 0 Å². The summed E-state index contributed by atoms with van der Waals surface area (Å²) in [5.41, 5.74) is 1.67. The molecule has 0 spiro atoms. The molecule has 1 atom stereocenters. The fourth-order valence-corrected chi connectivity index (χ4v) is 6.14. The van der Waals surface area contributed by atoms with Crippen molar-refractivity contribution in [1.29, 1.82) is 0 Å². The first-order valence-corrected chi connectivity index (χ1v) is 10.0. The van der Waals surface area contributed by atoms with Crippen LogP contribution in [0, 0.1) is 0 Å². The zero-order chi connectivity index (χ0) is 17.6. The molecule has 3 aromatic rings. The van der Waals surface area contributed by atoms with E-state index in [4.69, 9.17) is 9.47 Å². The zero-order valence-electron chi connectivity index (χ0n) is 14.9. The molecule has 3 aromatic carbocycles. The molecule has 1 radical (unpaired) electrons. The summed E-state index contributed by atoms with van der Waals surface area (Å²) >= 11 is 0. The Hall–Kier alpha value is -2.52. The summed E-state index contributed by atoms with van der Waals surface area (Å²) in [5.74, 6) is 1.56. The summed E-state index contributed by atoms with van der Waals surface area (Å²) in [5, 5.41) is 2.84. The fraction of sp³-hybridized carbons (Fsp3) is 0.182. The van der Waals surface area contributed by atoms with Gasteiger partial charge >= 0.3 is 0 Å². The van der Waals surface area contributed by atoms with Crippen LogP contribution in [0.5, 0.6) is 11.5 Å². The van der Waals surface area contributed by atoms with Crippen molar-refractivity contribution in [3.05, 3.63) is 84.4 Å². The lowest BCUT2D eigenvalue weighted by Crippen LogP contribution is -2.46. The average Bonchev–Trinajstić information content (AvgIpc) is 2.69.